The number of benzene rings is 1. The van der Waals surface area contributed by atoms with Gasteiger partial charge in [0, 0.05) is 18.8 Å². The summed E-state index contributed by atoms with van der Waals surface area (Å²) >= 11 is 0. The maximum Gasteiger partial charge on any atom is 0.222 e. The molecule has 0 fully saturated rings. The van der Waals surface area contributed by atoms with Crippen molar-refractivity contribution in [2.75, 3.05) is 26.6 Å². The number of methoxy groups -OCH3 is 2. The fraction of sp³-hybridized carbons (Fsp3) is 0.286. The molecule has 0 bridgehead atoms. The van der Waals surface area contributed by atoms with Crippen molar-refractivity contribution in [3.05, 3.63) is 30.0 Å². The highest BCUT2D eigenvalue weighted by molar-refractivity contribution is 5.72. The molecule has 19 heavy (non-hydrogen) atoms. The van der Waals surface area contributed by atoms with Crippen LogP contribution in [0.3, 0.4) is 0 Å². The summed E-state index contributed by atoms with van der Waals surface area (Å²) in [5.74, 6) is 2.09. The van der Waals surface area contributed by atoms with Crippen molar-refractivity contribution in [2.45, 2.75) is 6.92 Å². The first-order valence-electron chi connectivity index (χ1n) is 5.93. The van der Waals surface area contributed by atoms with Gasteiger partial charge in [0.2, 0.25) is 5.95 Å². The molecule has 0 aliphatic heterocycles. The van der Waals surface area contributed by atoms with Crippen molar-refractivity contribution in [3.8, 4) is 22.8 Å². The quantitative estimate of drug-likeness (QED) is 0.914. The molecule has 0 aliphatic carbocycles. The predicted molar refractivity (Wildman–Crippen MR) is 74.9 cm³/mol. The predicted octanol–water partition coefficient (Wildman–Crippen LogP) is 2.51. The molecule has 1 aromatic carbocycles. The number of ether oxygens (including phenoxy) is 2. The lowest BCUT2D eigenvalue weighted by atomic mass is 10.1. The highest BCUT2D eigenvalue weighted by atomic mass is 16.5. The fourth-order valence-corrected chi connectivity index (χ4v) is 1.83. The van der Waals surface area contributed by atoms with E-state index in [2.05, 4.69) is 15.3 Å². The van der Waals surface area contributed by atoms with Gasteiger partial charge in [-0.25, -0.2) is 9.97 Å². The number of aryl methyl sites for hydroxylation is 1. The molecule has 100 valence electrons. The van der Waals surface area contributed by atoms with Gasteiger partial charge in [-0.15, -0.1) is 0 Å². The minimum Gasteiger partial charge on any atom is -0.497 e. The zero-order chi connectivity index (χ0) is 13.8. The molecule has 5 heteroatoms. The summed E-state index contributed by atoms with van der Waals surface area (Å²) in [7, 11) is 5.07. The van der Waals surface area contributed by atoms with Gasteiger partial charge in [-0.1, -0.05) is 0 Å². The minimum atomic E-state index is 0.575. The molecule has 1 heterocycles. The Morgan fingerprint density at radius 3 is 2.58 bits per heavy atom. The van der Waals surface area contributed by atoms with Crippen molar-refractivity contribution in [3.63, 3.8) is 0 Å². The summed E-state index contributed by atoms with van der Waals surface area (Å²) in [4.78, 5) is 8.67. The lowest BCUT2D eigenvalue weighted by molar-refractivity contribution is 0.404. The van der Waals surface area contributed by atoms with E-state index in [-0.39, 0.29) is 0 Å². The van der Waals surface area contributed by atoms with Crippen molar-refractivity contribution < 1.29 is 9.47 Å². The second-order valence-electron chi connectivity index (χ2n) is 4.04. The van der Waals surface area contributed by atoms with E-state index in [1.165, 1.54) is 0 Å². The molecule has 1 aromatic heterocycles. The van der Waals surface area contributed by atoms with Gasteiger partial charge in [-0.2, -0.15) is 0 Å². The molecule has 0 saturated carbocycles. The molecule has 0 saturated heterocycles. The van der Waals surface area contributed by atoms with E-state index in [0.717, 1.165) is 28.3 Å². The number of nitrogens with zero attached hydrogens (tertiary/aromatic N) is 2. The van der Waals surface area contributed by atoms with Crippen LogP contribution < -0.4 is 14.8 Å². The van der Waals surface area contributed by atoms with Crippen LogP contribution in [0.1, 0.15) is 5.56 Å². The Hall–Kier alpha value is -2.30. The van der Waals surface area contributed by atoms with E-state index in [1.807, 2.05) is 25.1 Å². The van der Waals surface area contributed by atoms with Crippen LogP contribution in [0.5, 0.6) is 11.5 Å². The average molecular weight is 259 g/mol. The Labute approximate surface area is 112 Å². The first kappa shape index (κ1) is 13.1. The zero-order valence-corrected chi connectivity index (χ0v) is 11.5. The Bertz CT molecular complexity index is 585. The van der Waals surface area contributed by atoms with Crippen LogP contribution in [-0.4, -0.2) is 31.2 Å². The average Bonchev–Trinajstić information content (AvgIpc) is 2.47. The third-order valence-corrected chi connectivity index (χ3v) is 2.86. The van der Waals surface area contributed by atoms with Crippen molar-refractivity contribution in [2.24, 2.45) is 0 Å². The molecule has 0 radical (unpaired) electrons. The molecule has 2 rings (SSSR count). The van der Waals surface area contributed by atoms with Gasteiger partial charge in [0.15, 0.2) is 0 Å². The first-order chi connectivity index (χ1) is 9.19. The monoisotopic (exact) mass is 259 g/mol. The van der Waals surface area contributed by atoms with Gasteiger partial charge in [0.1, 0.15) is 11.5 Å². The molecule has 0 aliphatic rings. The van der Waals surface area contributed by atoms with E-state index in [9.17, 15) is 0 Å². The number of hydrogen-bond donors (Lipinski definition) is 1. The van der Waals surface area contributed by atoms with Crippen LogP contribution >= 0.6 is 0 Å². The van der Waals surface area contributed by atoms with Gasteiger partial charge >= 0.3 is 0 Å². The molecule has 0 amide bonds. The third-order valence-electron chi connectivity index (χ3n) is 2.86. The Kier molecular flexibility index (Phi) is 3.85. The van der Waals surface area contributed by atoms with Crippen molar-refractivity contribution in [1.82, 2.24) is 9.97 Å². The lowest BCUT2D eigenvalue weighted by Crippen LogP contribution is -2.00. The summed E-state index contributed by atoms with van der Waals surface area (Å²) in [6, 6.07) is 5.64. The second-order valence-corrected chi connectivity index (χ2v) is 4.04. The summed E-state index contributed by atoms with van der Waals surface area (Å²) in [6.45, 7) is 1.97. The van der Waals surface area contributed by atoms with E-state index in [4.69, 9.17) is 9.47 Å². The normalized spacial score (nSPS) is 10.1. The fourth-order valence-electron chi connectivity index (χ4n) is 1.83. The van der Waals surface area contributed by atoms with Gasteiger partial charge in [-0.05, 0) is 30.7 Å². The Morgan fingerprint density at radius 2 is 1.95 bits per heavy atom. The number of hydrogen-bond acceptors (Lipinski definition) is 5. The maximum absolute atomic E-state index is 5.39. The van der Waals surface area contributed by atoms with Crippen LogP contribution in [0.2, 0.25) is 0 Å². The maximum atomic E-state index is 5.39. The molecule has 0 atom stereocenters. The lowest BCUT2D eigenvalue weighted by Gasteiger charge is -2.12. The first-order valence-corrected chi connectivity index (χ1v) is 5.93. The Morgan fingerprint density at radius 1 is 1.16 bits per heavy atom. The summed E-state index contributed by atoms with van der Waals surface area (Å²) < 4.78 is 10.6. The van der Waals surface area contributed by atoms with Crippen LogP contribution in [0.25, 0.3) is 11.3 Å². The van der Waals surface area contributed by atoms with Gasteiger partial charge in [0.05, 0.1) is 19.9 Å². The molecule has 0 spiro atoms. The van der Waals surface area contributed by atoms with Crippen LogP contribution in [0, 0.1) is 6.92 Å². The van der Waals surface area contributed by atoms with Crippen molar-refractivity contribution >= 4 is 5.95 Å². The van der Waals surface area contributed by atoms with E-state index < -0.39 is 0 Å². The molecule has 5 nitrogen and oxygen atoms in total. The summed E-state index contributed by atoms with van der Waals surface area (Å²) in [5.41, 5.74) is 2.69. The number of nitrogens with one attached hydrogen (secondary N) is 1. The van der Waals surface area contributed by atoms with Crippen LogP contribution in [0.15, 0.2) is 24.4 Å². The largest absolute Gasteiger partial charge is 0.497 e. The smallest absolute Gasteiger partial charge is 0.222 e. The third kappa shape index (κ3) is 2.59. The number of anilines is 1. The molecular weight excluding hydrogens is 242 g/mol. The summed E-state index contributed by atoms with van der Waals surface area (Å²) in [6.07, 6.45) is 1.78. The molecule has 0 unspecified atom stereocenters. The topological polar surface area (TPSA) is 56.3 Å². The number of aromatic nitrogens is 2. The highest BCUT2D eigenvalue weighted by Gasteiger charge is 2.12. The molecular formula is C14H17N3O2. The second kappa shape index (κ2) is 5.56. The SMILES string of the molecule is CNc1ncc(C)c(-c2cc(OC)ccc2OC)n1. The Balaban J connectivity index is 2.62. The zero-order valence-electron chi connectivity index (χ0n) is 11.5. The van der Waals surface area contributed by atoms with Gasteiger partial charge in [-0.3, -0.25) is 0 Å². The van der Waals surface area contributed by atoms with Crippen molar-refractivity contribution in [1.29, 1.82) is 0 Å². The van der Waals surface area contributed by atoms with Crippen LogP contribution in [-0.2, 0) is 0 Å². The van der Waals surface area contributed by atoms with Gasteiger partial charge < -0.3 is 14.8 Å². The van der Waals surface area contributed by atoms with Crippen LogP contribution in [0.4, 0.5) is 5.95 Å². The highest BCUT2D eigenvalue weighted by Crippen LogP contribution is 2.34. The standard InChI is InChI=1S/C14H17N3O2/c1-9-8-16-14(15-2)17-13(9)11-7-10(18-3)5-6-12(11)19-4/h5-8H,1-4H3,(H,15,16,17). The summed E-state index contributed by atoms with van der Waals surface area (Å²) in [5, 5.41) is 2.94. The molecule has 2 aromatic rings. The molecule has 1 N–H and O–H groups in total. The minimum absolute atomic E-state index is 0.575. The van der Waals surface area contributed by atoms with Gasteiger partial charge in [0.25, 0.3) is 0 Å². The van der Waals surface area contributed by atoms with E-state index in [1.54, 1.807) is 27.5 Å². The van der Waals surface area contributed by atoms with E-state index in [0.29, 0.717) is 5.95 Å². The number of rotatable bonds is 4. The van der Waals surface area contributed by atoms with E-state index >= 15 is 0 Å².